The van der Waals surface area contributed by atoms with Crippen molar-refractivity contribution in [3.05, 3.63) is 115 Å². The van der Waals surface area contributed by atoms with Gasteiger partial charge in [-0.05, 0) is 38.9 Å². The summed E-state index contributed by atoms with van der Waals surface area (Å²) in [5, 5.41) is 7.25. The van der Waals surface area contributed by atoms with Crippen LogP contribution in [0.3, 0.4) is 0 Å². The van der Waals surface area contributed by atoms with Crippen LogP contribution in [0.15, 0.2) is 120 Å². The second-order valence-electron chi connectivity index (χ2n) is 8.98. The molecule has 0 saturated carbocycles. The van der Waals surface area contributed by atoms with Crippen LogP contribution in [0.5, 0.6) is 0 Å². The van der Waals surface area contributed by atoms with Crippen LogP contribution in [0.4, 0.5) is 0 Å². The van der Waals surface area contributed by atoms with Gasteiger partial charge in [0.15, 0.2) is 0 Å². The van der Waals surface area contributed by atoms with E-state index in [0.717, 1.165) is 27.5 Å². The number of hydrogen-bond acceptors (Lipinski definition) is 1. The van der Waals surface area contributed by atoms with E-state index in [1.54, 1.807) is 0 Å². The molecule has 1 heterocycles. The van der Waals surface area contributed by atoms with Crippen LogP contribution < -0.4 is 5.46 Å². The summed E-state index contributed by atoms with van der Waals surface area (Å²) in [5.41, 5.74) is 7.96. The fourth-order valence-electron chi connectivity index (χ4n) is 5.41. The van der Waals surface area contributed by atoms with Crippen molar-refractivity contribution < 1.29 is 4.42 Å². The van der Waals surface area contributed by atoms with Crippen LogP contribution in [0.2, 0.25) is 0 Å². The van der Waals surface area contributed by atoms with Gasteiger partial charge < -0.3 is 4.42 Å². The van der Waals surface area contributed by atoms with Gasteiger partial charge >= 0.3 is 0 Å². The van der Waals surface area contributed by atoms with E-state index in [1.165, 1.54) is 43.7 Å². The lowest BCUT2D eigenvalue weighted by molar-refractivity contribution is 0.674. The summed E-state index contributed by atoms with van der Waals surface area (Å²) in [5.74, 6) is 0. The number of rotatable bonds is 2. The second-order valence-corrected chi connectivity index (χ2v) is 8.98. The van der Waals surface area contributed by atoms with E-state index in [2.05, 4.69) is 123 Å². The normalized spacial score (nSPS) is 11.6. The fraction of sp³-hybridized carbons (Fsp3) is 0. The van der Waals surface area contributed by atoms with Crippen LogP contribution >= 0.6 is 0 Å². The largest absolute Gasteiger partial charge is 0.455 e. The van der Waals surface area contributed by atoms with Crippen LogP contribution in [-0.2, 0) is 0 Å². The topological polar surface area (TPSA) is 13.1 Å². The van der Waals surface area contributed by atoms with E-state index in [1.807, 2.05) is 0 Å². The molecule has 34 heavy (non-hydrogen) atoms. The van der Waals surface area contributed by atoms with Gasteiger partial charge in [0.1, 0.15) is 19.0 Å². The molecule has 0 atom stereocenters. The van der Waals surface area contributed by atoms with Crippen LogP contribution in [0, 0.1) is 0 Å². The van der Waals surface area contributed by atoms with Crippen molar-refractivity contribution in [2.75, 3.05) is 0 Å². The molecule has 0 radical (unpaired) electrons. The lowest BCUT2D eigenvalue weighted by Gasteiger charge is -2.09. The van der Waals surface area contributed by atoms with Crippen molar-refractivity contribution in [3.63, 3.8) is 0 Å². The van der Waals surface area contributed by atoms with Gasteiger partial charge in [-0.1, -0.05) is 115 Å². The van der Waals surface area contributed by atoms with Gasteiger partial charge in [0, 0.05) is 21.7 Å². The van der Waals surface area contributed by atoms with Crippen molar-refractivity contribution in [2.45, 2.75) is 0 Å². The van der Waals surface area contributed by atoms with Gasteiger partial charge in [0.25, 0.3) is 0 Å². The Bertz CT molecular complexity index is 1880. The van der Waals surface area contributed by atoms with E-state index < -0.39 is 0 Å². The third kappa shape index (κ3) is 2.75. The minimum atomic E-state index is 0.945. The molecule has 2 heteroatoms. The molecule has 1 aromatic heterocycles. The molecule has 0 amide bonds. The first kappa shape index (κ1) is 19.2. The maximum Gasteiger partial charge on any atom is 0.143 e. The van der Waals surface area contributed by atoms with Gasteiger partial charge in [-0.3, -0.25) is 0 Å². The third-order valence-electron chi connectivity index (χ3n) is 7.00. The predicted molar refractivity (Wildman–Crippen MR) is 148 cm³/mol. The predicted octanol–water partition coefficient (Wildman–Crippen LogP) is 7.48. The number of benzene rings is 6. The summed E-state index contributed by atoms with van der Waals surface area (Å²) < 4.78 is 6.73. The van der Waals surface area contributed by atoms with Gasteiger partial charge in [-0.25, -0.2) is 0 Å². The monoisotopic (exact) mass is 432 g/mol. The Morgan fingerprint density at radius 1 is 0.441 bits per heavy atom. The summed E-state index contributed by atoms with van der Waals surface area (Å²) in [6.45, 7) is 0. The Morgan fingerprint density at radius 3 is 1.79 bits per heavy atom. The summed E-state index contributed by atoms with van der Waals surface area (Å²) in [6.07, 6.45) is 0. The number of para-hydroxylation sites is 1. The SMILES string of the molecule is Bc1ccccc1-c1cccc(-c2cccc3c2oc2c4ccccc4c4ccccc4c32)c1. The Hall–Kier alpha value is -4.30. The van der Waals surface area contributed by atoms with Gasteiger partial charge in [-0.15, -0.1) is 0 Å². The first-order chi connectivity index (χ1) is 16.8. The fourth-order valence-corrected chi connectivity index (χ4v) is 5.41. The Kier molecular flexibility index (Phi) is 4.16. The molecule has 1 nitrogen and oxygen atoms in total. The van der Waals surface area contributed by atoms with E-state index in [0.29, 0.717) is 0 Å². The molecular formula is C32H21BO. The van der Waals surface area contributed by atoms with Gasteiger partial charge in [-0.2, -0.15) is 0 Å². The van der Waals surface area contributed by atoms with Crippen LogP contribution in [0.25, 0.3) is 65.7 Å². The first-order valence-electron chi connectivity index (χ1n) is 11.7. The minimum Gasteiger partial charge on any atom is -0.455 e. The molecule has 0 spiro atoms. The quantitative estimate of drug-likeness (QED) is 0.204. The standard InChI is InChI=1S/C32H21BO/c33-29-18-6-5-11-22(29)20-9-7-10-21(19-20)23-16-8-17-28-30-26-14-3-1-12-24(26)25-13-2-4-15-27(25)32(30)34-31(23)28/h1-19H,33H2. The smallest absolute Gasteiger partial charge is 0.143 e. The molecule has 6 aromatic carbocycles. The molecule has 0 aliphatic carbocycles. The molecule has 0 fully saturated rings. The highest BCUT2D eigenvalue weighted by atomic mass is 16.3. The molecule has 0 saturated heterocycles. The number of fused-ring (bicyclic) bond motifs is 8. The molecule has 0 unspecified atom stereocenters. The van der Waals surface area contributed by atoms with Crippen molar-refractivity contribution in [3.8, 4) is 22.3 Å². The van der Waals surface area contributed by atoms with Gasteiger partial charge in [0.2, 0.25) is 0 Å². The molecular weight excluding hydrogens is 411 g/mol. The molecule has 158 valence electrons. The number of hydrogen-bond donors (Lipinski definition) is 0. The Labute approximate surface area is 198 Å². The zero-order chi connectivity index (χ0) is 22.6. The summed E-state index contributed by atoms with van der Waals surface area (Å²) >= 11 is 0. The van der Waals surface area contributed by atoms with E-state index in [9.17, 15) is 0 Å². The lowest BCUT2D eigenvalue weighted by Crippen LogP contribution is -2.05. The van der Waals surface area contributed by atoms with Crippen molar-refractivity contribution in [1.82, 2.24) is 0 Å². The lowest BCUT2D eigenvalue weighted by atomic mass is 9.86. The van der Waals surface area contributed by atoms with Crippen molar-refractivity contribution in [1.29, 1.82) is 0 Å². The average Bonchev–Trinajstić information content (AvgIpc) is 3.30. The van der Waals surface area contributed by atoms with Crippen LogP contribution in [-0.4, -0.2) is 7.85 Å². The van der Waals surface area contributed by atoms with Crippen LogP contribution in [0.1, 0.15) is 0 Å². The third-order valence-corrected chi connectivity index (χ3v) is 7.00. The summed E-state index contributed by atoms with van der Waals surface area (Å²) in [6, 6.07) is 41.1. The van der Waals surface area contributed by atoms with E-state index in [-0.39, 0.29) is 0 Å². The molecule has 7 aromatic rings. The molecule has 0 bridgehead atoms. The second kappa shape index (κ2) is 7.36. The molecule has 0 aliphatic rings. The molecule has 0 aliphatic heterocycles. The molecule has 0 N–H and O–H groups in total. The zero-order valence-electron chi connectivity index (χ0n) is 18.9. The zero-order valence-corrected chi connectivity index (χ0v) is 18.9. The maximum atomic E-state index is 6.73. The number of furan rings is 1. The maximum absolute atomic E-state index is 6.73. The minimum absolute atomic E-state index is 0.945. The van der Waals surface area contributed by atoms with Crippen molar-refractivity contribution >= 4 is 56.8 Å². The van der Waals surface area contributed by atoms with Crippen molar-refractivity contribution in [2.24, 2.45) is 0 Å². The van der Waals surface area contributed by atoms with E-state index in [4.69, 9.17) is 4.42 Å². The van der Waals surface area contributed by atoms with Gasteiger partial charge in [0.05, 0.1) is 0 Å². The first-order valence-corrected chi connectivity index (χ1v) is 11.7. The molecule has 7 rings (SSSR count). The Morgan fingerprint density at radius 2 is 1.00 bits per heavy atom. The Balaban J connectivity index is 1.56. The highest BCUT2D eigenvalue weighted by Gasteiger charge is 2.18. The highest BCUT2D eigenvalue weighted by molar-refractivity contribution is 6.36. The summed E-state index contributed by atoms with van der Waals surface area (Å²) in [4.78, 5) is 0. The highest BCUT2D eigenvalue weighted by Crippen LogP contribution is 2.43. The average molecular weight is 432 g/mol. The summed E-state index contributed by atoms with van der Waals surface area (Å²) in [7, 11) is 2.16. The van der Waals surface area contributed by atoms with E-state index >= 15 is 0 Å².